The minimum Gasteiger partial charge on any atom is -0.478 e. The smallest absolute Gasteiger partial charge is 0.335 e. The number of fused-ring (bicyclic) bond motifs is 1. The molecule has 0 saturated carbocycles. The second kappa shape index (κ2) is 2.80. The van der Waals surface area contributed by atoms with Crippen LogP contribution in [0.15, 0.2) is 18.3 Å². The zero-order valence-corrected chi connectivity index (χ0v) is 7.36. The second-order valence-corrected chi connectivity index (χ2v) is 2.97. The van der Waals surface area contributed by atoms with Crippen molar-refractivity contribution in [2.45, 2.75) is 0 Å². The summed E-state index contributed by atoms with van der Waals surface area (Å²) in [5.41, 5.74) is 0.248. The number of nitrogens with zero attached hydrogens (tertiary/aromatic N) is 2. The molecule has 0 saturated heterocycles. The lowest BCUT2D eigenvalue weighted by molar-refractivity contribution is 0.0696. The molecule has 0 aliphatic carbocycles. The van der Waals surface area contributed by atoms with Gasteiger partial charge < -0.3 is 5.11 Å². The van der Waals surface area contributed by atoms with Crippen LogP contribution in [0.2, 0.25) is 0 Å². The molecule has 1 N–H and O–H groups in total. The summed E-state index contributed by atoms with van der Waals surface area (Å²) in [7, 11) is 1.60. The summed E-state index contributed by atoms with van der Waals surface area (Å²) in [5.74, 6) is -1.71. The highest BCUT2D eigenvalue weighted by atomic mass is 19.1. The zero-order valence-electron chi connectivity index (χ0n) is 7.36. The van der Waals surface area contributed by atoms with Crippen LogP contribution in [0, 0.1) is 5.82 Å². The largest absolute Gasteiger partial charge is 0.478 e. The molecule has 72 valence electrons. The van der Waals surface area contributed by atoms with Crippen molar-refractivity contribution in [3.8, 4) is 0 Å². The molecule has 0 radical (unpaired) electrons. The Morgan fingerprint density at radius 2 is 2.29 bits per heavy atom. The van der Waals surface area contributed by atoms with E-state index >= 15 is 0 Å². The van der Waals surface area contributed by atoms with Crippen molar-refractivity contribution >= 4 is 16.9 Å². The molecule has 14 heavy (non-hydrogen) atoms. The summed E-state index contributed by atoms with van der Waals surface area (Å²) in [6.07, 6.45) is 1.44. The molecular weight excluding hydrogens is 187 g/mol. The third-order valence-corrected chi connectivity index (χ3v) is 2.03. The van der Waals surface area contributed by atoms with Crippen LogP contribution in [0.4, 0.5) is 4.39 Å². The van der Waals surface area contributed by atoms with Crippen LogP contribution in [0.25, 0.3) is 10.9 Å². The highest BCUT2D eigenvalue weighted by Crippen LogP contribution is 2.19. The van der Waals surface area contributed by atoms with E-state index in [1.54, 1.807) is 7.05 Å². The van der Waals surface area contributed by atoms with Crippen LogP contribution in [0.1, 0.15) is 10.4 Å². The van der Waals surface area contributed by atoms with Crippen molar-refractivity contribution in [3.63, 3.8) is 0 Å². The summed E-state index contributed by atoms with van der Waals surface area (Å²) in [4.78, 5) is 10.6. The summed E-state index contributed by atoms with van der Waals surface area (Å²) >= 11 is 0. The highest BCUT2D eigenvalue weighted by Gasteiger charge is 2.11. The van der Waals surface area contributed by atoms with Gasteiger partial charge in [-0.1, -0.05) is 0 Å². The van der Waals surface area contributed by atoms with E-state index in [0.717, 1.165) is 6.07 Å². The number of carboxylic acids is 1. The van der Waals surface area contributed by atoms with Gasteiger partial charge in [-0.3, -0.25) is 4.68 Å². The molecule has 0 atom stereocenters. The Bertz CT molecular complexity index is 519. The second-order valence-electron chi connectivity index (χ2n) is 2.97. The number of aryl methyl sites for hydroxylation is 1. The van der Waals surface area contributed by atoms with Crippen molar-refractivity contribution in [3.05, 3.63) is 29.7 Å². The lowest BCUT2D eigenvalue weighted by atomic mass is 10.1. The van der Waals surface area contributed by atoms with Gasteiger partial charge in [-0.2, -0.15) is 5.10 Å². The summed E-state index contributed by atoms with van der Waals surface area (Å²) in [5, 5.41) is 13.0. The van der Waals surface area contributed by atoms with Gasteiger partial charge in [0.25, 0.3) is 0 Å². The number of carboxylic acid groups (broad SMARTS) is 1. The summed E-state index contributed by atoms with van der Waals surface area (Å²) in [6.45, 7) is 0. The van der Waals surface area contributed by atoms with Crippen LogP contribution in [0.5, 0.6) is 0 Å². The normalized spacial score (nSPS) is 10.7. The van der Waals surface area contributed by atoms with Gasteiger partial charge in [-0.15, -0.1) is 0 Å². The third-order valence-electron chi connectivity index (χ3n) is 2.03. The Balaban J connectivity index is 2.80. The standard InChI is InChI=1S/C9H7FN2O2/c1-12-8-6(4-11-12)2-5(9(13)14)3-7(8)10/h2-4H,1H3,(H,13,14). The number of carbonyl (C=O) groups is 1. The van der Waals surface area contributed by atoms with Crippen LogP contribution < -0.4 is 0 Å². The first-order valence-electron chi connectivity index (χ1n) is 3.94. The molecule has 0 fully saturated rings. The molecule has 2 aromatic rings. The molecule has 0 amide bonds. The van der Waals surface area contributed by atoms with Gasteiger partial charge in [0.15, 0.2) is 0 Å². The summed E-state index contributed by atoms with van der Waals surface area (Å²) in [6, 6.07) is 2.39. The molecule has 0 spiro atoms. The molecule has 0 bridgehead atoms. The first kappa shape index (κ1) is 8.68. The van der Waals surface area contributed by atoms with E-state index in [0.29, 0.717) is 10.9 Å². The molecular formula is C9H7FN2O2. The summed E-state index contributed by atoms with van der Waals surface area (Å²) < 4.78 is 14.7. The number of hydrogen-bond acceptors (Lipinski definition) is 2. The van der Waals surface area contributed by atoms with Crippen molar-refractivity contribution in [2.24, 2.45) is 7.05 Å². The Hall–Kier alpha value is -1.91. The first-order valence-corrected chi connectivity index (χ1v) is 3.94. The molecule has 4 nitrogen and oxygen atoms in total. The minimum atomic E-state index is -1.14. The SMILES string of the molecule is Cn1ncc2cc(C(=O)O)cc(F)c21. The molecule has 1 aromatic heterocycles. The van der Waals surface area contributed by atoms with E-state index < -0.39 is 11.8 Å². The molecule has 1 aromatic carbocycles. The van der Waals surface area contributed by atoms with Gasteiger partial charge in [0.1, 0.15) is 11.3 Å². The maximum atomic E-state index is 13.4. The van der Waals surface area contributed by atoms with Crippen molar-refractivity contribution in [1.29, 1.82) is 0 Å². The number of halogens is 1. The predicted octanol–water partition coefficient (Wildman–Crippen LogP) is 1.41. The van der Waals surface area contributed by atoms with Gasteiger partial charge in [0.2, 0.25) is 0 Å². The topological polar surface area (TPSA) is 55.1 Å². The predicted molar refractivity (Wildman–Crippen MR) is 47.6 cm³/mol. The lowest BCUT2D eigenvalue weighted by Crippen LogP contribution is -1.98. The maximum Gasteiger partial charge on any atom is 0.335 e. The van der Waals surface area contributed by atoms with E-state index in [1.807, 2.05) is 0 Å². The fourth-order valence-electron chi connectivity index (χ4n) is 1.39. The van der Waals surface area contributed by atoms with Crippen molar-refractivity contribution < 1.29 is 14.3 Å². The fraction of sp³-hybridized carbons (Fsp3) is 0.111. The average Bonchev–Trinajstić information content (AvgIpc) is 2.48. The molecule has 2 rings (SSSR count). The number of rotatable bonds is 1. The van der Waals surface area contributed by atoms with E-state index in [1.165, 1.54) is 16.9 Å². The Kier molecular flexibility index (Phi) is 1.73. The van der Waals surface area contributed by atoms with Crippen LogP contribution in [0.3, 0.4) is 0 Å². The van der Waals surface area contributed by atoms with Gasteiger partial charge in [-0.05, 0) is 12.1 Å². The third kappa shape index (κ3) is 1.14. The van der Waals surface area contributed by atoms with Crippen molar-refractivity contribution in [1.82, 2.24) is 9.78 Å². The molecule has 5 heteroatoms. The van der Waals surface area contributed by atoms with E-state index in [4.69, 9.17) is 5.11 Å². The van der Waals surface area contributed by atoms with E-state index in [9.17, 15) is 9.18 Å². The monoisotopic (exact) mass is 194 g/mol. The molecule has 0 unspecified atom stereocenters. The van der Waals surface area contributed by atoms with Gasteiger partial charge >= 0.3 is 5.97 Å². The number of aromatic nitrogens is 2. The molecule has 0 aliphatic heterocycles. The van der Waals surface area contributed by atoms with Crippen LogP contribution in [-0.4, -0.2) is 20.9 Å². The molecule has 0 aliphatic rings. The number of hydrogen-bond donors (Lipinski definition) is 1. The maximum absolute atomic E-state index is 13.4. The molecule has 1 heterocycles. The Morgan fingerprint density at radius 3 is 2.93 bits per heavy atom. The van der Waals surface area contributed by atoms with Gasteiger partial charge in [0, 0.05) is 12.4 Å². The van der Waals surface area contributed by atoms with Gasteiger partial charge in [0.05, 0.1) is 11.8 Å². The van der Waals surface area contributed by atoms with E-state index in [2.05, 4.69) is 5.10 Å². The number of benzene rings is 1. The quantitative estimate of drug-likeness (QED) is 0.746. The average molecular weight is 194 g/mol. The van der Waals surface area contributed by atoms with Crippen LogP contribution >= 0.6 is 0 Å². The first-order chi connectivity index (χ1) is 6.59. The Labute approximate surface area is 78.6 Å². The van der Waals surface area contributed by atoms with Crippen molar-refractivity contribution in [2.75, 3.05) is 0 Å². The minimum absolute atomic E-state index is 0.0667. The fourth-order valence-corrected chi connectivity index (χ4v) is 1.39. The van der Waals surface area contributed by atoms with E-state index in [-0.39, 0.29) is 5.56 Å². The highest BCUT2D eigenvalue weighted by molar-refractivity contribution is 5.93. The number of aromatic carboxylic acids is 1. The Morgan fingerprint density at radius 1 is 1.57 bits per heavy atom. The lowest BCUT2D eigenvalue weighted by Gasteiger charge is -1.98. The zero-order chi connectivity index (χ0) is 10.3. The van der Waals surface area contributed by atoms with Gasteiger partial charge in [-0.25, -0.2) is 9.18 Å². The van der Waals surface area contributed by atoms with Crippen LogP contribution in [-0.2, 0) is 7.05 Å².